The van der Waals surface area contributed by atoms with Gasteiger partial charge in [-0.15, -0.1) is 0 Å². The molecule has 3 nitrogen and oxygen atoms in total. The molecule has 0 fully saturated rings. The first-order chi connectivity index (χ1) is 8.63. The summed E-state index contributed by atoms with van der Waals surface area (Å²) in [6, 6.07) is 8.41. The third kappa shape index (κ3) is 1.86. The standard InChI is InChI=1S/C13H11FN2OS/c1-8-2-4-10(17-8)7-16-12-5-3-9(14)6-11(12)15-13(16)18/h2-6H,7H2,1H3,(H,15,18). The highest BCUT2D eigenvalue weighted by atomic mass is 32.1. The molecule has 3 rings (SSSR count). The predicted molar refractivity (Wildman–Crippen MR) is 69.6 cm³/mol. The number of benzene rings is 1. The first kappa shape index (κ1) is 11.2. The highest BCUT2D eigenvalue weighted by Gasteiger charge is 2.07. The van der Waals surface area contributed by atoms with Crippen LogP contribution in [0.1, 0.15) is 11.5 Å². The van der Waals surface area contributed by atoms with Gasteiger partial charge in [0, 0.05) is 0 Å². The molecule has 0 saturated carbocycles. The molecule has 0 amide bonds. The molecule has 0 spiro atoms. The fourth-order valence-corrected chi connectivity index (χ4v) is 2.29. The van der Waals surface area contributed by atoms with Crippen LogP contribution in [0, 0.1) is 17.5 Å². The van der Waals surface area contributed by atoms with E-state index < -0.39 is 0 Å². The van der Waals surface area contributed by atoms with Gasteiger partial charge in [0.15, 0.2) is 4.77 Å². The van der Waals surface area contributed by atoms with E-state index in [9.17, 15) is 4.39 Å². The average Bonchev–Trinajstić information content (AvgIpc) is 2.84. The van der Waals surface area contributed by atoms with Crippen LogP contribution in [0.4, 0.5) is 4.39 Å². The number of aryl methyl sites for hydroxylation is 1. The molecule has 2 aromatic heterocycles. The SMILES string of the molecule is Cc1ccc(Cn2c(=S)[nH]c3cc(F)ccc32)o1. The smallest absolute Gasteiger partial charge is 0.178 e. The molecule has 3 aromatic rings. The lowest BCUT2D eigenvalue weighted by molar-refractivity contribution is 0.471. The summed E-state index contributed by atoms with van der Waals surface area (Å²) in [6.45, 7) is 2.44. The van der Waals surface area contributed by atoms with Gasteiger partial charge in [-0.25, -0.2) is 4.39 Å². The molecule has 18 heavy (non-hydrogen) atoms. The van der Waals surface area contributed by atoms with Crippen LogP contribution in [0.5, 0.6) is 0 Å². The molecule has 0 radical (unpaired) electrons. The predicted octanol–water partition coefficient (Wildman–Crippen LogP) is 3.79. The number of aromatic amines is 1. The number of hydrogen-bond donors (Lipinski definition) is 1. The van der Waals surface area contributed by atoms with E-state index in [1.165, 1.54) is 12.1 Å². The van der Waals surface area contributed by atoms with Crippen LogP contribution in [0.15, 0.2) is 34.7 Å². The van der Waals surface area contributed by atoms with Crippen LogP contribution in [-0.2, 0) is 6.54 Å². The maximum absolute atomic E-state index is 13.1. The summed E-state index contributed by atoms with van der Waals surface area (Å²) in [4.78, 5) is 2.99. The van der Waals surface area contributed by atoms with Gasteiger partial charge >= 0.3 is 0 Å². The lowest BCUT2D eigenvalue weighted by Gasteiger charge is -2.01. The molecule has 0 aliphatic heterocycles. The maximum atomic E-state index is 13.1. The summed E-state index contributed by atoms with van der Waals surface area (Å²) >= 11 is 5.25. The Kier molecular flexibility index (Phi) is 2.56. The Morgan fingerprint density at radius 2 is 2.17 bits per heavy atom. The summed E-state index contributed by atoms with van der Waals surface area (Å²) in [6.07, 6.45) is 0. The number of nitrogens with one attached hydrogen (secondary N) is 1. The molecule has 0 atom stereocenters. The minimum absolute atomic E-state index is 0.278. The number of hydrogen-bond acceptors (Lipinski definition) is 2. The molecule has 5 heteroatoms. The molecule has 0 bridgehead atoms. The van der Waals surface area contributed by atoms with E-state index in [1.807, 2.05) is 23.6 Å². The number of halogens is 1. The number of nitrogens with zero attached hydrogens (tertiary/aromatic N) is 1. The summed E-state index contributed by atoms with van der Waals surface area (Å²) in [5, 5.41) is 0. The zero-order valence-electron chi connectivity index (χ0n) is 9.74. The van der Waals surface area contributed by atoms with Crippen LogP contribution in [0.2, 0.25) is 0 Å². The number of furan rings is 1. The second-order valence-electron chi connectivity index (χ2n) is 4.19. The highest BCUT2D eigenvalue weighted by Crippen LogP contribution is 2.18. The molecular formula is C13H11FN2OS. The van der Waals surface area contributed by atoms with Crippen molar-refractivity contribution in [2.24, 2.45) is 0 Å². The average molecular weight is 262 g/mol. The van der Waals surface area contributed by atoms with Crippen molar-refractivity contribution >= 4 is 23.3 Å². The maximum Gasteiger partial charge on any atom is 0.178 e. The Labute approximate surface area is 108 Å². The van der Waals surface area contributed by atoms with Crippen LogP contribution < -0.4 is 0 Å². The van der Waals surface area contributed by atoms with Gasteiger partial charge in [-0.2, -0.15) is 0 Å². The monoisotopic (exact) mass is 262 g/mol. The molecule has 0 aliphatic carbocycles. The normalized spacial score (nSPS) is 11.2. The van der Waals surface area contributed by atoms with Crippen molar-refractivity contribution in [2.45, 2.75) is 13.5 Å². The van der Waals surface area contributed by atoms with Crippen molar-refractivity contribution in [3.63, 3.8) is 0 Å². The van der Waals surface area contributed by atoms with Crippen molar-refractivity contribution in [1.29, 1.82) is 0 Å². The van der Waals surface area contributed by atoms with Gasteiger partial charge in [0.1, 0.15) is 17.3 Å². The molecule has 2 heterocycles. The molecule has 0 unspecified atom stereocenters. The largest absolute Gasteiger partial charge is 0.464 e. The first-order valence-corrected chi connectivity index (χ1v) is 5.98. The van der Waals surface area contributed by atoms with E-state index in [0.29, 0.717) is 16.8 Å². The van der Waals surface area contributed by atoms with Crippen molar-refractivity contribution in [2.75, 3.05) is 0 Å². The van der Waals surface area contributed by atoms with Crippen LogP contribution >= 0.6 is 12.2 Å². The Hall–Kier alpha value is -1.88. The van der Waals surface area contributed by atoms with E-state index in [0.717, 1.165) is 17.0 Å². The Bertz CT molecular complexity index is 769. The summed E-state index contributed by atoms with van der Waals surface area (Å²) in [5.41, 5.74) is 1.57. The molecule has 1 aromatic carbocycles. The summed E-state index contributed by atoms with van der Waals surface area (Å²) < 4.78 is 21.1. The van der Waals surface area contributed by atoms with E-state index >= 15 is 0 Å². The van der Waals surface area contributed by atoms with E-state index in [4.69, 9.17) is 16.6 Å². The molecular weight excluding hydrogens is 251 g/mol. The molecule has 1 N–H and O–H groups in total. The number of fused-ring (bicyclic) bond motifs is 1. The second kappa shape index (κ2) is 4.10. The zero-order valence-corrected chi connectivity index (χ0v) is 10.6. The van der Waals surface area contributed by atoms with Crippen molar-refractivity contribution < 1.29 is 8.81 Å². The van der Waals surface area contributed by atoms with Gasteiger partial charge in [-0.05, 0) is 49.5 Å². The second-order valence-corrected chi connectivity index (χ2v) is 4.58. The number of H-pyrrole nitrogens is 1. The van der Waals surface area contributed by atoms with Gasteiger partial charge in [0.05, 0.1) is 17.6 Å². The van der Waals surface area contributed by atoms with E-state index in [-0.39, 0.29) is 5.82 Å². The quantitative estimate of drug-likeness (QED) is 0.713. The fraction of sp³-hybridized carbons (Fsp3) is 0.154. The minimum Gasteiger partial charge on any atom is -0.464 e. The fourth-order valence-electron chi connectivity index (χ4n) is 2.02. The Balaban J connectivity index is 2.11. The van der Waals surface area contributed by atoms with Gasteiger partial charge in [0.2, 0.25) is 0 Å². The van der Waals surface area contributed by atoms with E-state index in [1.54, 1.807) is 6.07 Å². The van der Waals surface area contributed by atoms with Gasteiger partial charge < -0.3 is 14.0 Å². The van der Waals surface area contributed by atoms with Gasteiger partial charge in [0.25, 0.3) is 0 Å². The Morgan fingerprint density at radius 3 is 2.89 bits per heavy atom. The van der Waals surface area contributed by atoms with Crippen molar-refractivity contribution in [1.82, 2.24) is 9.55 Å². The minimum atomic E-state index is -0.278. The topological polar surface area (TPSA) is 33.9 Å². The third-order valence-electron chi connectivity index (χ3n) is 2.85. The first-order valence-electron chi connectivity index (χ1n) is 5.57. The van der Waals surface area contributed by atoms with Crippen molar-refractivity contribution in [3.05, 3.63) is 52.4 Å². The van der Waals surface area contributed by atoms with Crippen LogP contribution in [0.25, 0.3) is 11.0 Å². The molecule has 0 aliphatic rings. The lowest BCUT2D eigenvalue weighted by atomic mass is 10.3. The highest BCUT2D eigenvalue weighted by molar-refractivity contribution is 7.71. The summed E-state index contributed by atoms with van der Waals surface area (Å²) in [5.74, 6) is 1.41. The molecule has 92 valence electrons. The number of aromatic nitrogens is 2. The Morgan fingerprint density at radius 1 is 1.33 bits per heavy atom. The number of imidazole rings is 1. The zero-order chi connectivity index (χ0) is 12.7. The molecule has 0 saturated heterocycles. The van der Waals surface area contributed by atoms with Gasteiger partial charge in [-0.1, -0.05) is 0 Å². The van der Waals surface area contributed by atoms with Crippen LogP contribution in [0.3, 0.4) is 0 Å². The van der Waals surface area contributed by atoms with Gasteiger partial charge in [-0.3, -0.25) is 0 Å². The number of rotatable bonds is 2. The van der Waals surface area contributed by atoms with Crippen molar-refractivity contribution in [3.8, 4) is 0 Å². The van der Waals surface area contributed by atoms with E-state index in [2.05, 4.69) is 4.98 Å². The lowest BCUT2D eigenvalue weighted by Crippen LogP contribution is -1.98. The third-order valence-corrected chi connectivity index (χ3v) is 3.17. The van der Waals surface area contributed by atoms with Crippen LogP contribution in [-0.4, -0.2) is 9.55 Å². The summed E-state index contributed by atoms with van der Waals surface area (Å²) in [7, 11) is 0.